The average Bonchev–Trinajstić information content (AvgIpc) is 3.23. The summed E-state index contributed by atoms with van der Waals surface area (Å²) in [6, 6.07) is 4.64. The van der Waals surface area contributed by atoms with Gasteiger partial charge in [-0.3, -0.25) is 4.79 Å². The molecule has 3 N–H and O–H groups in total. The highest BCUT2D eigenvalue weighted by Crippen LogP contribution is 2.37. The number of aromatic nitrogens is 2. The Kier molecular flexibility index (Phi) is 5.78. The van der Waals surface area contributed by atoms with Crippen molar-refractivity contribution in [1.29, 1.82) is 0 Å². The van der Waals surface area contributed by atoms with Crippen molar-refractivity contribution in [3.8, 4) is 17.2 Å². The smallest absolute Gasteiger partial charge is 0.433 e. The van der Waals surface area contributed by atoms with Gasteiger partial charge in [0.1, 0.15) is 17.0 Å². The van der Waals surface area contributed by atoms with Gasteiger partial charge in [0.25, 0.3) is 5.91 Å². The van der Waals surface area contributed by atoms with Crippen LogP contribution in [0, 0.1) is 0 Å². The van der Waals surface area contributed by atoms with Crippen molar-refractivity contribution in [3.05, 3.63) is 41.4 Å². The Morgan fingerprint density at radius 1 is 1.22 bits per heavy atom. The van der Waals surface area contributed by atoms with Crippen LogP contribution in [0.4, 0.5) is 13.2 Å². The first-order valence-corrected chi connectivity index (χ1v) is 10.0. The maximum absolute atomic E-state index is 13.2. The Balaban J connectivity index is 1.84. The number of alkyl halides is 3. The zero-order chi connectivity index (χ0) is 23.0. The second kappa shape index (κ2) is 8.40. The molecule has 0 unspecified atom stereocenters. The van der Waals surface area contributed by atoms with Gasteiger partial charge < -0.3 is 25.1 Å². The van der Waals surface area contributed by atoms with Crippen molar-refractivity contribution in [2.24, 2.45) is 5.73 Å². The summed E-state index contributed by atoms with van der Waals surface area (Å²) in [6.07, 6.45) is -4.61. The molecule has 3 heterocycles. The standard InChI is InChI=1S/C21H22F3N5O3/c1-11(25)18-17(20(30)29-9-7-26-8-10-29)28-19(32-18)13-3-5-14(31-2)16-12(13)4-6-15(27-16)21(22,23)24/h3-6,11,26H,7-10,25H2,1-2H3/t11-/m0/s1. The van der Waals surface area contributed by atoms with E-state index in [1.54, 1.807) is 17.9 Å². The normalized spacial score (nSPS) is 15.8. The van der Waals surface area contributed by atoms with Crippen LogP contribution < -0.4 is 15.8 Å². The number of oxazole rings is 1. The number of amides is 1. The van der Waals surface area contributed by atoms with E-state index in [1.807, 2.05) is 0 Å². The fraction of sp³-hybridized carbons (Fsp3) is 0.381. The van der Waals surface area contributed by atoms with Gasteiger partial charge in [0.15, 0.2) is 11.5 Å². The topological polar surface area (TPSA) is 107 Å². The lowest BCUT2D eigenvalue weighted by atomic mass is 10.1. The van der Waals surface area contributed by atoms with Crippen LogP contribution in [0.15, 0.2) is 28.7 Å². The third kappa shape index (κ3) is 4.00. The first kappa shape index (κ1) is 22.0. The summed E-state index contributed by atoms with van der Waals surface area (Å²) >= 11 is 0. The Hall–Kier alpha value is -3.18. The summed E-state index contributed by atoms with van der Waals surface area (Å²) in [5.41, 5.74) is 5.47. The number of nitrogens with zero attached hydrogens (tertiary/aromatic N) is 3. The van der Waals surface area contributed by atoms with Crippen LogP contribution in [-0.4, -0.2) is 54.1 Å². The van der Waals surface area contributed by atoms with Gasteiger partial charge in [0, 0.05) is 37.1 Å². The third-order valence-corrected chi connectivity index (χ3v) is 5.23. The monoisotopic (exact) mass is 449 g/mol. The van der Waals surface area contributed by atoms with Gasteiger partial charge in [-0.15, -0.1) is 0 Å². The van der Waals surface area contributed by atoms with Crippen LogP contribution in [0.3, 0.4) is 0 Å². The predicted molar refractivity (Wildman–Crippen MR) is 110 cm³/mol. The van der Waals surface area contributed by atoms with E-state index < -0.39 is 17.9 Å². The number of nitrogens with two attached hydrogens (primary N) is 1. The van der Waals surface area contributed by atoms with Crippen molar-refractivity contribution in [3.63, 3.8) is 0 Å². The number of pyridine rings is 1. The van der Waals surface area contributed by atoms with E-state index in [-0.39, 0.29) is 34.5 Å². The molecule has 3 aromatic rings. The molecule has 0 bridgehead atoms. The zero-order valence-corrected chi connectivity index (χ0v) is 17.5. The van der Waals surface area contributed by atoms with E-state index >= 15 is 0 Å². The van der Waals surface area contributed by atoms with Crippen LogP contribution >= 0.6 is 0 Å². The van der Waals surface area contributed by atoms with Crippen LogP contribution in [0.2, 0.25) is 0 Å². The minimum absolute atomic E-state index is 0.00959. The highest BCUT2D eigenvalue weighted by molar-refractivity contribution is 5.98. The molecule has 0 saturated carbocycles. The maximum atomic E-state index is 13.2. The first-order valence-electron chi connectivity index (χ1n) is 10.0. The van der Waals surface area contributed by atoms with E-state index in [0.717, 1.165) is 6.07 Å². The molecule has 1 aliphatic rings. The molecule has 170 valence electrons. The molecule has 1 aromatic carbocycles. The fourth-order valence-electron chi connectivity index (χ4n) is 3.63. The first-order chi connectivity index (χ1) is 15.2. The number of rotatable bonds is 4. The molecule has 32 heavy (non-hydrogen) atoms. The summed E-state index contributed by atoms with van der Waals surface area (Å²) in [7, 11) is 1.35. The maximum Gasteiger partial charge on any atom is 0.433 e. The Morgan fingerprint density at radius 2 is 1.94 bits per heavy atom. The summed E-state index contributed by atoms with van der Waals surface area (Å²) in [5, 5.41) is 3.52. The molecule has 1 amide bonds. The molecule has 4 rings (SSSR count). The number of halogens is 3. The lowest BCUT2D eigenvalue weighted by Gasteiger charge is -2.26. The van der Waals surface area contributed by atoms with E-state index in [9.17, 15) is 18.0 Å². The van der Waals surface area contributed by atoms with Gasteiger partial charge in [-0.2, -0.15) is 13.2 Å². The number of benzene rings is 1. The number of ether oxygens (including phenoxy) is 1. The van der Waals surface area contributed by atoms with Gasteiger partial charge >= 0.3 is 6.18 Å². The number of methoxy groups -OCH3 is 1. The highest BCUT2D eigenvalue weighted by atomic mass is 19.4. The fourth-order valence-corrected chi connectivity index (χ4v) is 3.63. The van der Waals surface area contributed by atoms with Gasteiger partial charge in [-0.1, -0.05) is 0 Å². The molecule has 0 spiro atoms. The second-order valence-electron chi connectivity index (χ2n) is 7.47. The van der Waals surface area contributed by atoms with E-state index in [4.69, 9.17) is 14.9 Å². The number of piperazine rings is 1. The van der Waals surface area contributed by atoms with Crippen molar-refractivity contribution >= 4 is 16.8 Å². The lowest BCUT2D eigenvalue weighted by molar-refractivity contribution is -0.140. The summed E-state index contributed by atoms with van der Waals surface area (Å²) in [6.45, 7) is 4.05. The number of hydrogen-bond donors (Lipinski definition) is 2. The number of carbonyl (C=O) groups is 1. The summed E-state index contributed by atoms with van der Waals surface area (Å²) in [4.78, 5) is 22.9. The van der Waals surface area contributed by atoms with E-state index in [0.29, 0.717) is 37.1 Å². The minimum atomic E-state index is -4.61. The molecule has 1 aliphatic heterocycles. The van der Waals surface area contributed by atoms with Crippen molar-refractivity contribution in [1.82, 2.24) is 20.2 Å². The summed E-state index contributed by atoms with van der Waals surface area (Å²) < 4.78 is 50.6. The Morgan fingerprint density at radius 3 is 2.56 bits per heavy atom. The Bertz CT molecular complexity index is 1150. The van der Waals surface area contributed by atoms with E-state index in [1.165, 1.54) is 19.2 Å². The molecule has 1 atom stereocenters. The SMILES string of the molecule is COc1ccc(-c2nc(C(=O)N3CCNCC3)c([C@H](C)N)o2)c2ccc(C(F)(F)F)nc12. The number of hydrogen-bond acceptors (Lipinski definition) is 7. The zero-order valence-electron chi connectivity index (χ0n) is 17.5. The largest absolute Gasteiger partial charge is 0.494 e. The molecule has 0 aliphatic carbocycles. The van der Waals surface area contributed by atoms with Gasteiger partial charge in [-0.05, 0) is 31.2 Å². The molecular weight excluding hydrogens is 427 g/mol. The Labute approximate surface area is 181 Å². The molecule has 2 aromatic heterocycles. The number of nitrogens with one attached hydrogen (secondary N) is 1. The van der Waals surface area contributed by atoms with Crippen molar-refractivity contribution in [2.45, 2.75) is 19.1 Å². The van der Waals surface area contributed by atoms with Gasteiger partial charge in [0.2, 0.25) is 5.89 Å². The number of carbonyl (C=O) groups excluding carboxylic acids is 1. The van der Waals surface area contributed by atoms with Crippen molar-refractivity contribution < 1.29 is 27.1 Å². The predicted octanol–water partition coefficient (Wildman–Crippen LogP) is 2.98. The van der Waals surface area contributed by atoms with Crippen LogP contribution in [-0.2, 0) is 6.18 Å². The average molecular weight is 449 g/mol. The summed E-state index contributed by atoms with van der Waals surface area (Å²) in [5.74, 6) is 0.160. The minimum Gasteiger partial charge on any atom is -0.494 e. The molecule has 0 radical (unpaired) electrons. The van der Waals surface area contributed by atoms with Crippen LogP contribution in [0.5, 0.6) is 5.75 Å². The van der Waals surface area contributed by atoms with Gasteiger partial charge in [0.05, 0.1) is 13.2 Å². The molecule has 1 saturated heterocycles. The highest BCUT2D eigenvalue weighted by Gasteiger charge is 2.33. The lowest BCUT2D eigenvalue weighted by Crippen LogP contribution is -2.46. The molecular formula is C21H22F3N5O3. The van der Waals surface area contributed by atoms with E-state index in [2.05, 4.69) is 15.3 Å². The van der Waals surface area contributed by atoms with Crippen LogP contribution in [0.1, 0.15) is 34.9 Å². The third-order valence-electron chi connectivity index (χ3n) is 5.23. The van der Waals surface area contributed by atoms with Gasteiger partial charge in [-0.25, -0.2) is 9.97 Å². The molecule has 11 heteroatoms. The molecule has 1 fully saturated rings. The molecule has 8 nitrogen and oxygen atoms in total. The van der Waals surface area contributed by atoms with Crippen molar-refractivity contribution in [2.75, 3.05) is 33.3 Å². The number of fused-ring (bicyclic) bond motifs is 1. The quantitative estimate of drug-likeness (QED) is 0.631. The van der Waals surface area contributed by atoms with Crippen LogP contribution in [0.25, 0.3) is 22.4 Å². The second-order valence-corrected chi connectivity index (χ2v) is 7.47.